The van der Waals surface area contributed by atoms with Gasteiger partial charge in [0.2, 0.25) is 0 Å². The van der Waals surface area contributed by atoms with E-state index >= 15 is 0 Å². The van der Waals surface area contributed by atoms with Gasteiger partial charge in [-0.05, 0) is 61.8 Å². The van der Waals surface area contributed by atoms with Crippen LogP contribution < -0.4 is 0 Å². The topological polar surface area (TPSA) is 3.24 Å². The molecule has 0 spiro atoms. The summed E-state index contributed by atoms with van der Waals surface area (Å²) in [6.45, 7) is 8.80. The largest absolute Gasteiger partial charge is 0.303 e. The third-order valence-electron chi connectivity index (χ3n) is 4.99. The SMILES string of the molecule is CC1(C)CCCN(CC2(CS)CCCC2)CC1. The maximum Gasteiger partial charge on any atom is 0.00458 e. The van der Waals surface area contributed by atoms with E-state index in [1.54, 1.807) is 0 Å². The molecule has 1 nitrogen and oxygen atoms in total. The molecule has 0 aromatic heterocycles. The number of thiol groups is 1. The van der Waals surface area contributed by atoms with E-state index in [0.717, 1.165) is 5.75 Å². The van der Waals surface area contributed by atoms with Crippen LogP contribution in [0.5, 0.6) is 0 Å². The second kappa shape index (κ2) is 5.52. The lowest BCUT2D eigenvalue weighted by atomic mass is 9.85. The molecule has 0 aromatic carbocycles. The maximum atomic E-state index is 4.64. The average Bonchev–Trinajstić information content (AvgIpc) is 2.68. The van der Waals surface area contributed by atoms with Gasteiger partial charge in [-0.25, -0.2) is 0 Å². The van der Waals surface area contributed by atoms with Gasteiger partial charge < -0.3 is 4.90 Å². The fraction of sp³-hybridized carbons (Fsp3) is 1.00. The number of nitrogens with zero attached hydrogens (tertiary/aromatic N) is 1. The Morgan fingerprint density at radius 1 is 0.941 bits per heavy atom. The zero-order valence-corrected chi connectivity index (χ0v) is 12.6. The van der Waals surface area contributed by atoms with Gasteiger partial charge in [0.15, 0.2) is 0 Å². The molecular formula is C15H29NS. The van der Waals surface area contributed by atoms with Gasteiger partial charge in [-0.1, -0.05) is 26.7 Å². The first-order valence-electron chi connectivity index (χ1n) is 7.39. The zero-order valence-electron chi connectivity index (χ0n) is 11.7. The molecule has 17 heavy (non-hydrogen) atoms. The summed E-state index contributed by atoms with van der Waals surface area (Å²) in [6.07, 6.45) is 9.84. The molecule has 2 heteroatoms. The predicted octanol–water partition coefficient (Wildman–Crippen LogP) is 3.99. The molecule has 2 aliphatic rings. The fourth-order valence-electron chi connectivity index (χ4n) is 3.60. The highest BCUT2D eigenvalue weighted by Gasteiger charge is 2.35. The molecule has 1 heterocycles. The molecule has 0 bridgehead atoms. The van der Waals surface area contributed by atoms with Crippen molar-refractivity contribution in [3.05, 3.63) is 0 Å². The van der Waals surface area contributed by atoms with Crippen LogP contribution in [0, 0.1) is 10.8 Å². The summed E-state index contributed by atoms with van der Waals surface area (Å²) in [5.74, 6) is 1.09. The van der Waals surface area contributed by atoms with E-state index in [2.05, 4.69) is 31.4 Å². The molecule has 1 saturated carbocycles. The van der Waals surface area contributed by atoms with E-state index in [1.807, 2.05) is 0 Å². The first kappa shape index (κ1) is 13.7. The van der Waals surface area contributed by atoms with Crippen LogP contribution in [0.4, 0.5) is 0 Å². The Kier molecular flexibility index (Phi) is 4.46. The van der Waals surface area contributed by atoms with Crippen LogP contribution in [0.25, 0.3) is 0 Å². The Balaban J connectivity index is 1.90. The van der Waals surface area contributed by atoms with Crippen LogP contribution >= 0.6 is 12.6 Å². The Morgan fingerprint density at radius 2 is 1.65 bits per heavy atom. The highest BCUT2D eigenvalue weighted by Crippen LogP contribution is 2.40. The van der Waals surface area contributed by atoms with Crippen molar-refractivity contribution in [2.45, 2.75) is 58.8 Å². The lowest BCUT2D eigenvalue weighted by Crippen LogP contribution is -2.38. The summed E-state index contributed by atoms with van der Waals surface area (Å²) in [5, 5.41) is 0. The van der Waals surface area contributed by atoms with Crippen molar-refractivity contribution in [3.8, 4) is 0 Å². The van der Waals surface area contributed by atoms with Crippen molar-refractivity contribution >= 4 is 12.6 Å². The van der Waals surface area contributed by atoms with Crippen molar-refractivity contribution in [2.24, 2.45) is 10.8 Å². The molecule has 0 N–H and O–H groups in total. The van der Waals surface area contributed by atoms with Crippen molar-refractivity contribution in [1.29, 1.82) is 0 Å². The van der Waals surface area contributed by atoms with Gasteiger partial charge in [0, 0.05) is 6.54 Å². The lowest BCUT2D eigenvalue weighted by Gasteiger charge is -2.34. The van der Waals surface area contributed by atoms with Crippen LogP contribution in [-0.2, 0) is 0 Å². The third-order valence-corrected chi connectivity index (χ3v) is 5.66. The Bertz CT molecular complexity index is 243. The van der Waals surface area contributed by atoms with Gasteiger partial charge >= 0.3 is 0 Å². The van der Waals surface area contributed by atoms with Crippen LogP contribution in [0.1, 0.15) is 58.8 Å². The van der Waals surface area contributed by atoms with Crippen molar-refractivity contribution in [1.82, 2.24) is 4.90 Å². The summed E-state index contributed by atoms with van der Waals surface area (Å²) in [6, 6.07) is 0. The van der Waals surface area contributed by atoms with E-state index in [-0.39, 0.29) is 0 Å². The summed E-state index contributed by atoms with van der Waals surface area (Å²) in [4.78, 5) is 2.73. The van der Waals surface area contributed by atoms with Gasteiger partial charge in [0.05, 0.1) is 0 Å². The zero-order chi connectivity index (χ0) is 12.4. The Labute approximate surface area is 113 Å². The predicted molar refractivity (Wildman–Crippen MR) is 78.8 cm³/mol. The summed E-state index contributed by atoms with van der Waals surface area (Å²) in [7, 11) is 0. The molecule has 1 aliphatic heterocycles. The minimum absolute atomic E-state index is 0.553. The van der Waals surface area contributed by atoms with Crippen molar-refractivity contribution in [2.75, 3.05) is 25.4 Å². The molecule has 2 rings (SSSR count). The summed E-state index contributed by atoms with van der Waals surface area (Å²) in [5.41, 5.74) is 1.12. The number of likely N-dealkylation sites (tertiary alicyclic amines) is 1. The molecule has 1 saturated heterocycles. The quantitative estimate of drug-likeness (QED) is 0.746. The molecule has 0 radical (unpaired) electrons. The second-order valence-corrected chi connectivity index (χ2v) is 7.48. The molecule has 2 fully saturated rings. The molecule has 0 aromatic rings. The molecule has 1 aliphatic carbocycles. The summed E-state index contributed by atoms with van der Waals surface area (Å²) < 4.78 is 0. The van der Waals surface area contributed by atoms with E-state index in [9.17, 15) is 0 Å². The van der Waals surface area contributed by atoms with Gasteiger partial charge in [-0.3, -0.25) is 0 Å². The first-order valence-corrected chi connectivity index (χ1v) is 8.02. The van der Waals surface area contributed by atoms with Gasteiger partial charge in [-0.2, -0.15) is 12.6 Å². The van der Waals surface area contributed by atoms with Gasteiger partial charge in [0.1, 0.15) is 0 Å². The highest BCUT2D eigenvalue weighted by molar-refractivity contribution is 7.80. The van der Waals surface area contributed by atoms with Crippen molar-refractivity contribution < 1.29 is 0 Å². The molecule has 0 unspecified atom stereocenters. The first-order chi connectivity index (χ1) is 8.05. The monoisotopic (exact) mass is 255 g/mol. The van der Waals surface area contributed by atoms with E-state index in [4.69, 9.17) is 0 Å². The minimum Gasteiger partial charge on any atom is -0.303 e. The highest BCUT2D eigenvalue weighted by atomic mass is 32.1. The summed E-state index contributed by atoms with van der Waals surface area (Å²) >= 11 is 4.64. The lowest BCUT2D eigenvalue weighted by molar-refractivity contribution is 0.171. The standard InChI is InChI=1S/C15H29NS/c1-14(2)6-5-10-16(11-9-14)12-15(13-17)7-3-4-8-15/h17H,3-13H2,1-2H3. The van der Waals surface area contributed by atoms with Crippen LogP contribution in [-0.4, -0.2) is 30.3 Å². The smallest absolute Gasteiger partial charge is 0.00458 e. The fourth-order valence-corrected chi connectivity index (χ4v) is 4.02. The molecule has 100 valence electrons. The maximum absolute atomic E-state index is 4.64. The number of hydrogen-bond acceptors (Lipinski definition) is 2. The third kappa shape index (κ3) is 3.64. The van der Waals surface area contributed by atoms with Crippen LogP contribution in [0.3, 0.4) is 0 Å². The number of rotatable bonds is 3. The van der Waals surface area contributed by atoms with Crippen LogP contribution in [0.2, 0.25) is 0 Å². The van der Waals surface area contributed by atoms with Crippen LogP contribution in [0.15, 0.2) is 0 Å². The van der Waals surface area contributed by atoms with Gasteiger partial charge in [-0.15, -0.1) is 0 Å². The van der Waals surface area contributed by atoms with E-state index < -0.39 is 0 Å². The Hall–Kier alpha value is 0.310. The van der Waals surface area contributed by atoms with E-state index in [0.29, 0.717) is 10.8 Å². The van der Waals surface area contributed by atoms with E-state index in [1.165, 1.54) is 64.6 Å². The van der Waals surface area contributed by atoms with Gasteiger partial charge in [0.25, 0.3) is 0 Å². The minimum atomic E-state index is 0.553. The normalized spacial score (nSPS) is 29.1. The molecule has 0 atom stereocenters. The Morgan fingerprint density at radius 3 is 2.29 bits per heavy atom. The second-order valence-electron chi connectivity index (χ2n) is 7.16. The van der Waals surface area contributed by atoms with Crippen molar-refractivity contribution in [3.63, 3.8) is 0 Å². The number of hydrogen-bond donors (Lipinski definition) is 1. The average molecular weight is 255 g/mol. The molecule has 0 amide bonds. The molecular weight excluding hydrogens is 226 g/mol.